The van der Waals surface area contributed by atoms with Crippen LogP contribution < -0.4 is 40.0 Å². The minimum atomic E-state index is -1.77. The normalized spacial score (nSPS) is 25.1. The molecular formula is C11H15N4NaO8. The van der Waals surface area contributed by atoms with Crippen LogP contribution in [0.3, 0.4) is 0 Å². The summed E-state index contributed by atoms with van der Waals surface area (Å²) in [5.41, 5.74) is 8.18. The van der Waals surface area contributed by atoms with E-state index in [1.54, 1.807) is 0 Å². The molecule has 0 amide bonds. The predicted molar refractivity (Wildman–Crippen MR) is 69.4 cm³/mol. The molecule has 1 rings (SSSR count). The number of nitrogens with one attached hydrogen (secondary N) is 1. The fourth-order valence-electron chi connectivity index (χ4n) is 2.00. The number of carbonyl (C=O) groups is 2. The number of rotatable bonds is 8. The van der Waals surface area contributed by atoms with Gasteiger partial charge < -0.3 is 40.4 Å². The second-order valence-corrected chi connectivity index (χ2v) is 4.66. The topological polar surface area (TPSA) is 208 Å². The van der Waals surface area contributed by atoms with Crippen molar-refractivity contribution in [3.8, 4) is 0 Å². The molecule has 0 unspecified atom stereocenters. The van der Waals surface area contributed by atoms with Crippen molar-refractivity contribution < 1.29 is 69.4 Å². The molecule has 0 aromatic rings. The van der Waals surface area contributed by atoms with Crippen molar-refractivity contribution in [2.45, 2.75) is 30.5 Å². The smallest absolute Gasteiger partial charge is 0.549 e. The molecule has 1 heterocycles. The second-order valence-electron chi connectivity index (χ2n) is 4.66. The number of carboxylic acids is 2. The number of aliphatic hydroxyl groups excluding tert-OH is 3. The fourth-order valence-corrected chi connectivity index (χ4v) is 2.00. The van der Waals surface area contributed by atoms with Crippen LogP contribution >= 0.6 is 0 Å². The Hall–Kier alpha value is -1.37. The van der Waals surface area contributed by atoms with Gasteiger partial charge >= 0.3 is 35.5 Å². The minimum absolute atomic E-state index is 0. The molecule has 0 radical (unpaired) electrons. The van der Waals surface area contributed by atoms with E-state index in [4.69, 9.17) is 15.4 Å². The zero-order valence-corrected chi connectivity index (χ0v) is 14.6. The van der Waals surface area contributed by atoms with E-state index in [-0.39, 0.29) is 29.6 Å². The van der Waals surface area contributed by atoms with E-state index in [9.17, 15) is 30.0 Å². The van der Waals surface area contributed by atoms with Gasteiger partial charge in [0.15, 0.2) is 0 Å². The summed E-state index contributed by atoms with van der Waals surface area (Å²) in [6.07, 6.45) is -5.59. The summed E-state index contributed by atoms with van der Waals surface area (Å²) in [6.45, 7) is -1.25. The van der Waals surface area contributed by atoms with Crippen molar-refractivity contribution in [1.82, 2.24) is 5.32 Å². The number of nitrogens with zero attached hydrogens (tertiary/aromatic N) is 3. The number of carboxylic acid groups (broad SMARTS) is 2. The first-order valence-corrected chi connectivity index (χ1v) is 6.38. The molecule has 0 bridgehead atoms. The molecule has 0 aromatic carbocycles. The van der Waals surface area contributed by atoms with Crippen LogP contribution in [0.2, 0.25) is 0 Å². The molecule has 0 spiro atoms. The van der Waals surface area contributed by atoms with Gasteiger partial charge in [-0.05, 0) is 11.6 Å². The molecular weight excluding hydrogens is 339 g/mol. The third-order valence-electron chi connectivity index (χ3n) is 3.06. The monoisotopic (exact) mass is 354 g/mol. The molecule has 5 atom stereocenters. The molecule has 1 aliphatic heterocycles. The summed E-state index contributed by atoms with van der Waals surface area (Å²) in [6, 6.07) is -1.24. The molecule has 0 saturated carbocycles. The van der Waals surface area contributed by atoms with Crippen molar-refractivity contribution in [2.75, 3.05) is 13.1 Å². The molecule has 1 aliphatic rings. The van der Waals surface area contributed by atoms with E-state index in [1.165, 1.54) is 0 Å². The van der Waals surface area contributed by atoms with E-state index >= 15 is 0 Å². The molecule has 128 valence electrons. The maximum atomic E-state index is 10.9. The average Bonchev–Trinajstić information content (AvgIpc) is 2.49. The van der Waals surface area contributed by atoms with E-state index in [0.29, 0.717) is 0 Å². The molecule has 12 nitrogen and oxygen atoms in total. The Morgan fingerprint density at radius 1 is 1.50 bits per heavy atom. The third-order valence-corrected chi connectivity index (χ3v) is 3.06. The summed E-state index contributed by atoms with van der Waals surface area (Å²) in [4.78, 5) is 23.8. The molecule has 5 N–H and O–H groups in total. The van der Waals surface area contributed by atoms with Crippen LogP contribution in [-0.4, -0.2) is 75.9 Å². The first kappa shape index (κ1) is 22.6. The van der Waals surface area contributed by atoms with E-state index in [0.717, 1.165) is 6.08 Å². The van der Waals surface area contributed by atoms with Gasteiger partial charge in [-0.25, -0.2) is 4.79 Å². The Labute approximate surface area is 157 Å². The molecule has 0 aliphatic carbocycles. The van der Waals surface area contributed by atoms with Gasteiger partial charge in [-0.15, -0.1) is 0 Å². The van der Waals surface area contributed by atoms with Crippen LogP contribution in [0.5, 0.6) is 0 Å². The Balaban J connectivity index is 0.00000529. The van der Waals surface area contributed by atoms with Crippen molar-refractivity contribution in [1.29, 1.82) is 0 Å². The first-order chi connectivity index (χ1) is 10.8. The van der Waals surface area contributed by atoms with Crippen molar-refractivity contribution in [3.63, 3.8) is 0 Å². The average molecular weight is 354 g/mol. The van der Waals surface area contributed by atoms with Gasteiger partial charge in [0, 0.05) is 11.5 Å². The summed E-state index contributed by atoms with van der Waals surface area (Å²) in [5, 5.41) is 54.4. The van der Waals surface area contributed by atoms with Gasteiger partial charge in [-0.2, -0.15) is 0 Å². The largest absolute Gasteiger partial charge is 1.00 e. The van der Waals surface area contributed by atoms with Gasteiger partial charge in [-0.3, -0.25) is 0 Å². The van der Waals surface area contributed by atoms with E-state index < -0.39 is 61.2 Å². The Morgan fingerprint density at radius 2 is 2.12 bits per heavy atom. The van der Waals surface area contributed by atoms with E-state index in [2.05, 4.69) is 15.3 Å². The van der Waals surface area contributed by atoms with Crippen LogP contribution in [0.15, 0.2) is 16.9 Å². The van der Waals surface area contributed by atoms with E-state index in [1.807, 2.05) is 0 Å². The standard InChI is InChI=1S/C11H16N4O8.Na/c12-15-14-2-5(17)9(20)10-8(13-3-7(18)19)4(16)1-6(23-10)11(21)22;/h1,4-5,8-10,13,16-17,20H,2-3H2,(H,18,19)(H,21,22);/q;+1/p-1/t4-,5+,8+,9+,10+;/m0./s1. The molecule has 0 saturated heterocycles. The number of aliphatic carboxylic acids is 2. The molecule has 24 heavy (non-hydrogen) atoms. The quantitative estimate of drug-likeness (QED) is 0.121. The zero-order chi connectivity index (χ0) is 17.6. The van der Waals surface area contributed by atoms with Gasteiger partial charge in [0.25, 0.3) is 0 Å². The third kappa shape index (κ3) is 6.26. The van der Waals surface area contributed by atoms with Crippen molar-refractivity contribution in [3.05, 3.63) is 22.3 Å². The van der Waals surface area contributed by atoms with Crippen LogP contribution in [0, 0.1) is 0 Å². The molecule has 13 heteroatoms. The Morgan fingerprint density at radius 3 is 2.62 bits per heavy atom. The van der Waals surface area contributed by atoms with Gasteiger partial charge in [0.1, 0.15) is 12.2 Å². The Bertz CT molecular complexity index is 538. The van der Waals surface area contributed by atoms with Crippen molar-refractivity contribution >= 4 is 11.9 Å². The number of hydrogen-bond donors (Lipinski definition) is 5. The van der Waals surface area contributed by atoms with Gasteiger partial charge in [0.05, 0.1) is 30.8 Å². The van der Waals surface area contributed by atoms with Crippen LogP contribution in [0.4, 0.5) is 0 Å². The number of hydrogen-bond acceptors (Lipinski definition) is 9. The molecule has 0 fully saturated rings. The van der Waals surface area contributed by atoms with Crippen LogP contribution in [0.1, 0.15) is 0 Å². The molecule has 0 aromatic heterocycles. The summed E-state index contributed by atoms with van der Waals surface area (Å²) >= 11 is 0. The number of ether oxygens (including phenoxy) is 1. The maximum Gasteiger partial charge on any atom is 1.00 e. The number of azide groups is 1. The summed E-state index contributed by atoms with van der Waals surface area (Å²) in [5.74, 6) is -3.71. The van der Waals surface area contributed by atoms with Gasteiger partial charge in [-0.1, -0.05) is 5.11 Å². The second kappa shape index (κ2) is 10.5. The van der Waals surface area contributed by atoms with Crippen LogP contribution in [-0.2, 0) is 14.3 Å². The SMILES string of the molecule is [N-]=[N+]=NC[C@@H](O)[C@@H](O)[C@@H]1OC(C(=O)O)=C[C@H](O)[C@H]1NCC(=O)[O-].[Na+]. The number of carbonyl (C=O) groups excluding carboxylic acids is 1. The van der Waals surface area contributed by atoms with Crippen LogP contribution in [0.25, 0.3) is 10.4 Å². The minimum Gasteiger partial charge on any atom is -0.549 e. The summed E-state index contributed by atoms with van der Waals surface area (Å²) in [7, 11) is 0. The first-order valence-electron chi connectivity index (χ1n) is 6.38. The fraction of sp³-hybridized carbons (Fsp3) is 0.636. The maximum absolute atomic E-state index is 10.9. The van der Waals surface area contributed by atoms with Gasteiger partial charge in [0.2, 0.25) is 5.76 Å². The van der Waals surface area contributed by atoms with Crippen molar-refractivity contribution in [2.24, 2.45) is 5.11 Å². The Kier molecular flexibility index (Phi) is 9.89. The summed E-state index contributed by atoms with van der Waals surface area (Å²) < 4.78 is 5.01. The predicted octanol–water partition coefficient (Wildman–Crippen LogP) is -6.54. The zero-order valence-electron chi connectivity index (χ0n) is 12.6. The number of aliphatic hydroxyl groups is 3.